The molecule has 2 nitrogen and oxygen atoms in total. The van der Waals surface area contributed by atoms with Gasteiger partial charge in [0.05, 0.1) is 0 Å². The molecule has 0 aliphatic heterocycles. The highest BCUT2D eigenvalue weighted by Gasteiger charge is 2.09. The normalized spacial score (nSPS) is 10.0. The van der Waals surface area contributed by atoms with Crippen LogP contribution >= 0.6 is 0 Å². The summed E-state index contributed by atoms with van der Waals surface area (Å²) in [6.45, 7) is 0. The first-order chi connectivity index (χ1) is 8.86. The van der Waals surface area contributed by atoms with E-state index in [4.69, 9.17) is 0 Å². The van der Waals surface area contributed by atoms with Crippen LogP contribution in [0.4, 0.5) is 0 Å². The number of benzene rings is 2. The summed E-state index contributed by atoms with van der Waals surface area (Å²) in [5.74, 6) is 0. The summed E-state index contributed by atoms with van der Waals surface area (Å²) >= 11 is 0. The molecule has 0 atom stereocenters. The molecule has 0 unspecified atom stereocenters. The minimum atomic E-state index is 0.372. The molecule has 0 heterocycles. The summed E-state index contributed by atoms with van der Waals surface area (Å²) in [6, 6.07) is 15.6. The van der Waals surface area contributed by atoms with Crippen molar-refractivity contribution in [1.82, 2.24) is 0 Å². The Hall–Kier alpha value is -2.22. The van der Waals surface area contributed by atoms with E-state index in [1.54, 1.807) is 0 Å². The van der Waals surface area contributed by atoms with Gasteiger partial charge in [-0.05, 0) is 22.3 Å². The molecule has 2 rings (SSSR count). The van der Waals surface area contributed by atoms with Gasteiger partial charge in [-0.15, -0.1) is 0 Å². The van der Waals surface area contributed by atoms with E-state index in [1.807, 2.05) is 48.5 Å². The first kappa shape index (κ1) is 12.2. The summed E-state index contributed by atoms with van der Waals surface area (Å²) in [5, 5.41) is 0. The Balaban J connectivity index is 2.59. The molecule has 0 fully saturated rings. The first-order valence-electron chi connectivity index (χ1n) is 5.90. The van der Waals surface area contributed by atoms with Gasteiger partial charge in [-0.25, -0.2) is 0 Å². The largest absolute Gasteiger partial charge is 0.303 e. The number of aldehydes is 2. The van der Waals surface area contributed by atoms with Crippen molar-refractivity contribution in [3.05, 3.63) is 59.7 Å². The predicted molar refractivity (Wildman–Crippen MR) is 71.4 cm³/mol. The average molecular weight is 238 g/mol. The van der Waals surface area contributed by atoms with Gasteiger partial charge in [0.25, 0.3) is 0 Å². The maximum absolute atomic E-state index is 10.8. The van der Waals surface area contributed by atoms with E-state index >= 15 is 0 Å². The quantitative estimate of drug-likeness (QED) is 0.751. The van der Waals surface area contributed by atoms with Gasteiger partial charge in [-0.3, -0.25) is 0 Å². The number of rotatable bonds is 5. The van der Waals surface area contributed by atoms with Crippen LogP contribution in [0.15, 0.2) is 48.5 Å². The van der Waals surface area contributed by atoms with Crippen LogP contribution in [0.1, 0.15) is 11.1 Å². The van der Waals surface area contributed by atoms with E-state index in [2.05, 4.69) is 0 Å². The van der Waals surface area contributed by atoms with Gasteiger partial charge in [0.1, 0.15) is 12.6 Å². The van der Waals surface area contributed by atoms with Crippen molar-refractivity contribution in [2.75, 3.05) is 0 Å². The van der Waals surface area contributed by atoms with Crippen LogP contribution in [-0.4, -0.2) is 12.6 Å². The molecular weight excluding hydrogens is 224 g/mol. The Bertz CT molecular complexity index is 516. The summed E-state index contributed by atoms with van der Waals surface area (Å²) in [6.07, 6.45) is 2.53. The monoisotopic (exact) mass is 238 g/mol. The lowest BCUT2D eigenvalue weighted by molar-refractivity contribution is -0.108. The topological polar surface area (TPSA) is 34.1 Å². The molecule has 0 N–H and O–H groups in total. The smallest absolute Gasteiger partial charge is 0.124 e. The molecule has 0 aliphatic rings. The van der Waals surface area contributed by atoms with Crippen molar-refractivity contribution in [3.8, 4) is 11.1 Å². The highest BCUT2D eigenvalue weighted by Crippen LogP contribution is 2.28. The lowest BCUT2D eigenvalue weighted by Crippen LogP contribution is -1.98. The Kier molecular flexibility index (Phi) is 4.02. The molecular formula is C16H14O2. The molecule has 2 aromatic carbocycles. The molecule has 18 heavy (non-hydrogen) atoms. The van der Waals surface area contributed by atoms with Gasteiger partial charge in [0.15, 0.2) is 0 Å². The molecule has 90 valence electrons. The van der Waals surface area contributed by atoms with Crippen LogP contribution in [0.25, 0.3) is 11.1 Å². The third-order valence-corrected chi connectivity index (χ3v) is 2.91. The SMILES string of the molecule is O=CCc1cccc(CC=O)c1-c1ccccc1. The molecule has 2 heteroatoms. The molecule has 0 bridgehead atoms. The molecule has 0 saturated heterocycles. The molecule has 0 aliphatic carbocycles. The van der Waals surface area contributed by atoms with Gasteiger partial charge in [0, 0.05) is 12.8 Å². The van der Waals surface area contributed by atoms with Gasteiger partial charge in [0.2, 0.25) is 0 Å². The Morgan fingerprint density at radius 1 is 0.722 bits per heavy atom. The fourth-order valence-electron chi connectivity index (χ4n) is 2.15. The maximum atomic E-state index is 10.8. The highest BCUT2D eigenvalue weighted by molar-refractivity contribution is 5.76. The van der Waals surface area contributed by atoms with E-state index in [-0.39, 0.29) is 0 Å². The zero-order valence-corrected chi connectivity index (χ0v) is 10.0. The molecule has 0 amide bonds. The average Bonchev–Trinajstić information content (AvgIpc) is 2.41. The highest BCUT2D eigenvalue weighted by atomic mass is 16.1. The fraction of sp³-hybridized carbons (Fsp3) is 0.125. The molecule has 0 saturated carbocycles. The second kappa shape index (κ2) is 5.92. The standard InChI is InChI=1S/C16H14O2/c17-11-9-14-7-4-8-15(10-12-18)16(14)13-5-2-1-3-6-13/h1-8,11-12H,9-10H2. The lowest BCUT2D eigenvalue weighted by Gasteiger charge is -2.12. The van der Waals surface area contributed by atoms with Crippen molar-refractivity contribution >= 4 is 12.6 Å². The number of carbonyl (C=O) groups excluding carboxylic acids is 2. The van der Waals surface area contributed by atoms with Crippen molar-refractivity contribution in [1.29, 1.82) is 0 Å². The van der Waals surface area contributed by atoms with Crippen LogP contribution in [0.2, 0.25) is 0 Å². The Morgan fingerprint density at radius 2 is 1.28 bits per heavy atom. The summed E-state index contributed by atoms with van der Waals surface area (Å²) < 4.78 is 0. The Morgan fingerprint density at radius 3 is 1.78 bits per heavy atom. The fourth-order valence-corrected chi connectivity index (χ4v) is 2.15. The third-order valence-electron chi connectivity index (χ3n) is 2.91. The van der Waals surface area contributed by atoms with Gasteiger partial charge in [-0.1, -0.05) is 48.5 Å². The summed E-state index contributed by atoms with van der Waals surface area (Å²) in [7, 11) is 0. The van der Waals surface area contributed by atoms with Gasteiger partial charge in [-0.2, -0.15) is 0 Å². The zero-order valence-electron chi connectivity index (χ0n) is 10.0. The van der Waals surface area contributed by atoms with Crippen LogP contribution < -0.4 is 0 Å². The van der Waals surface area contributed by atoms with Gasteiger partial charge < -0.3 is 9.59 Å². The Labute approximate surface area is 106 Å². The minimum Gasteiger partial charge on any atom is -0.303 e. The predicted octanol–water partition coefficient (Wildman–Crippen LogP) is 2.84. The van der Waals surface area contributed by atoms with E-state index in [9.17, 15) is 9.59 Å². The van der Waals surface area contributed by atoms with Crippen LogP contribution in [0, 0.1) is 0 Å². The maximum Gasteiger partial charge on any atom is 0.124 e. The lowest BCUT2D eigenvalue weighted by atomic mass is 9.92. The first-order valence-corrected chi connectivity index (χ1v) is 5.90. The van der Waals surface area contributed by atoms with E-state index in [0.29, 0.717) is 12.8 Å². The number of carbonyl (C=O) groups is 2. The number of hydrogen-bond donors (Lipinski definition) is 0. The molecule has 0 spiro atoms. The van der Waals surface area contributed by atoms with E-state index < -0.39 is 0 Å². The van der Waals surface area contributed by atoms with Crippen molar-refractivity contribution in [3.63, 3.8) is 0 Å². The van der Waals surface area contributed by atoms with Crippen LogP contribution in [-0.2, 0) is 22.4 Å². The third kappa shape index (κ3) is 2.54. The van der Waals surface area contributed by atoms with E-state index in [1.165, 1.54) is 0 Å². The second-order valence-electron chi connectivity index (χ2n) is 4.06. The van der Waals surface area contributed by atoms with Crippen LogP contribution in [0.3, 0.4) is 0 Å². The molecule has 0 aromatic heterocycles. The van der Waals surface area contributed by atoms with Crippen molar-refractivity contribution in [2.45, 2.75) is 12.8 Å². The second-order valence-corrected chi connectivity index (χ2v) is 4.06. The van der Waals surface area contributed by atoms with Crippen LogP contribution in [0.5, 0.6) is 0 Å². The summed E-state index contributed by atoms with van der Waals surface area (Å²) in [4.78, 5) is 21.5. The van der Waals surface area contributed by atoms with E-state index in [0.717, 1.165) is 34.8 Å². The van der Waals surface area contributed by atoms with Crippen molar-refractivity contribution < 1.29 is 9.59 Å². The molecule has 0 radical (unpaired) electrons. The number of hydrogen-bond acceptors (Lipinski definition) is 2. The zero-order chi connectivity index (χ0) is 12.8. The minimum absolute atomic E-state index is 0.372. The van der Waals surface area contributed by atoms with Crippen molar-refractivity contribution in [2.24, 2.45) is 0 Å². The molecule has 2 aromatic rings. The van der Waals surface area contributed by atoms with Gasteiger partial charge >= 0.3 is 0 Å². The summed E-state index contributed by atoms with van der Waals surface area (Å²) in [5.41, 5.74) is 4.00.